The number of hydrogen-bond acceptors (Lipinski definition) is 7. The molecule has 7 heteroatoms. The van der Waals surface area contributed by atoms with Crippen LogP contribution in [0.1, 0.15) is 31.2 Å². The molecule has 7 nitrogen and oxygen atoms in total. The van der Waals surface area contributed by atoms with Crippen molar-refractivity contribution >= 4 is 5.97 Å². The molecule has 2 heterocycles. The summed E-state index contributed by atoms with van der Waals surface area (Å²) in [7, 11) is 0. The van der Waals surface area contributed by atoms with E-state index in [1.807, 2.05) is 60.7 Å². The highest BCUT2D eigenvalue weighted by Crippen LogP contribution is 2.23. The third-order valence-corrected chi connectivity index (χ3v) is 4.27. The number of ether oxygens (including phenoxy) is 1. The minimum Gasteiger partial charge on any atom is -0.453 e. The van der Waals surface area contributed by atoms with Crippen molar-refractivity contribution in [2.24, 2.45) is 0 Å². The van der Waals surface area contributed by atoms with Gasteiger partial charge in [-0.2, -0.15) is 0 Å². The third kappa shape index (κ3) is 4.57. The summed E-state index contributed by atoms with van der Waals surface area (Å²) in [4.78, 5) is 16.4. The summed E-state index contributed by atoms with van der Waals surface area (Å²) in [6.45, 7) is 1.69. The van der Waals surface area contributed by atoms with Gasteiger partial charge in [0, 0.05) is 17.5 Å². The zero-order valence-corrected chi connectivity index (χ0v) is 15.8. The molecule has 0 spiro atoms. The zero-order valence-electron chi connectivity index (χ0n) is 15.8. The molecule has 4 aromatic rings. The zero-order chi connectivity index (χ0) is 20.1. The molecule has 0 N–H and O–H groups in total. The molecule has 0 radical (unpaired) electrons. The van der Waals surface area contributed by atoms with Crippen molar-refractivity contribution in [2.45, 2.75) is 25.9 Å². The fraction of sp³-hybridized carbons (Fsp3) is 0.182. The fourth-order valence-electron chi connectivity index (χ4n) is 2.77. The maximum absolute atomic E-state index is 12.2. The number of carbonyl (C=O) groups excluding carboxylic acids is 1. The van der Waals surface area contributed by atoms with Gasteiger partial charge in [-0.3, -0.25) is 4.79 Å². The molecule has 2 aromatic carbocycles. The molecule has 0 saturated carbocycles. The second-order valence-corrected chi connectivity index (χ2v) is 6.43. The number of esters is 1. The quantitative estimate of drug-likeness (QED) is 0.426. The normalized spacial score (nSPS) is 11.9. The molecule has 0 aliphatic rings. The minimum absolute atomic E-state index is 0.138. The molecule has 0 aliphatic heterocycles. The van der Waals surface area contributed by atoms with Gasteiger partial charge in [0.05, 0.1) is 12.6 Å². The van der Waals surface area contributed by atoms with E-state index in [1.165, 1.54) is 0 Å². The Bertz CT molecular complexity index is 1070. The van der Waals surface area contributed by atoms with E-state index in [2.05, 4.69) is 15.2 Å². The van der Waals surface area contributed by atoms with E-state index in [-0.39, 0.29) is 12.3 Å². The van der Waals surface area contributed by atoms with Crippen molar-refractivity contribution in [2.75, 3.05) is 0 Å². The van der Waals surface area contributed by atoms with Gasteiger partial charge in [-0.15, -0.1) is 10.2 Å². The monoisotopic (exact) mass is 389 g/mol. The summed E-state index contributed by atoms with van der Waals surface area (Å²) in [5, 5.41) is 7.98. The van der Waals surface area contributed by atoms with Gasteiger partial charge in [-0.1, -0.05) is 48.5 Å². The van der Waals surface area contributed by atoms with Gasteiger partial charge in [-0.05, 0) is 19.1 Å². The van der Waals surface area contributed by atoms with E-state index in [9.17, 15) is 4.79 Å². The van der Waals surface area contributed by atoms with Crippen molar-refractivity contribution in [3.05, 3.63) is 78.6 Å². The van der Waals surface area contributed by atoms with Crippen LogP contribution < -0.4 is 0 Å². The van der Waals surface area contributed by atoms with Gasteiger partial charge < -0.3 is 13.6 Å². The van der Waals surface area contributed by atoms with Crippen molar-refractivity contribution < 1.29 is 18.4 Å². The average molecular weight is 389 g/mol. The molecule has 0 amide bonds. The molecule has 146 valence electrons. The summed E-state index contributed by atoms with van der Waals surface area (Å²) < 4.78 is 16.7. The lowest BCUT2D eigenvalue weighted by atomic mass is 10.2. The first kappa shape index (κ1) is 18.6. The topological polar surface area (TPSA) is 91.2 Å². The van der Waals surface area contributed by atoms with E-state index < -0.39 is 12.1 Å². The Morgan fingerprint density at radius 1 is 0.966 bits per heavy atom. The van der Waals surface area contributed by atoms with Crippen molar-refractivity contribution in [3.8, 4) is 22.8 Å². The SMILES string of the molecule is C[C@@H](OC(=O)CCc1ncc(-c2ccccc2)o1)c1nnc(-c2ccccc2)o1. The van der Waals surface area contributed by atoms with Crippen LogP contribution in [0.2, 0.25) is 0 Å². The van der Waals surface area contributed by atoms with E-state index in [0.717, 1.165) is 11.1 Å². The highest BCUT2D eigenvalue weighted by atomic mass is 16.6. The minimum atomic E-state index is -0.642. The van der Waals surface area contributed by atoms with Crippen LogP contribution in [0.25, 0.3) is 22.8 Å². The molecule has 4 rings (SSSR count). The van der Waals surface area contributed by atoms with Crippen LogP contribution in [0.15, 0.2) is 75.7 Å². The number of aromatic nitrogens is 3. The largest absolute Gasteiger partial charge is 0.453 e. The van der Waals surface area contributed by atoms with Crippen molar-refractivity contribution in [1.29, 1.82) is 0 Å². The molecule has 0 bridgehead atoms. The Morgan fingerprint density at radius 3 is 2.38 bits per heavy atom. The van der Waals surface area contributed by atoms with Crippen LogP contribution in [0.3, 0.4) is 0 Å². The summed E-state index contributed by atoms with van der Waals surface area (Å²) in [6, 6.07) is 19.1. The average Bonchev–Trinajstić information content (AvgIpc) is 3.44. The number of carbonyl (C=O) groups is 1. The number of rotatable bonds is 7. The Labute approximate surface area is 167 Å². The van der Waals surface area contributed by atoms with Crippen molar-refractivity contribution in [3.63, 3.8) is 0 Å². The lowest BCUT2D eigenvalue weighted by Gasteiger charge is -2.08. The fourth-order valence-corrected chi connectivity index (χ4v) is 2.77. The first-order valence-electron chi connectivity index (χ1n) is 9.27. The van der Waals surface area contributed by atoms with Crippen LogP contribution in [0.5, 0.6) is 0 Å². The maximum Gasteiger partial charge on any atom is 0.307 e. The standard InChI is InChI=1S/C22H19N3O4/c1-15(21-24-25-22(29-21)17-10-6-3-7-11-17)27-20(26)13-12-19-23-14-18(28-19)16-8-4-2-5-9-16/h2-11,14-15H,12-13H2,1H3/t15-/m1/s1. The molecular weight excluding hydrogens is 370 g/mol. The van der Waals surface area contributed by atoms with Gasteiger partial charge in [0.1, 0.15) is 0 Å². The van der Waals surface area contributed by atoms with Gasteiger partial charge in [0.2, 0.25) is 5.89 Å². The second kappa shape index (κ2) is 8.52. The van der Waals surface area contributed by atoms with Gasteiger partial charge in [0.25, 0.3) is 5.89 Å². The molecule has 0 unspecified atom stereocenters. The number of oxazole rings is 1. The number of aryl methyl sites for hydroxylation is 1. The smallest absolute Gasteiger partial charge is 0.307 e. The summed E-state index contributed by atoms with van der Waals surface area (Å²) in [5.74, 6) is 1.40. The molecule has 2 aromatic heterocycles. The first-order chi connectivity index (χ1) is 14.2. The van der Waals surface area contributed by atoms with Crippen molar-refractivity contribution in [1.82, 2.24) is 15.2 Å². The van der Waals surface area contributed by atoms with Crippen LogP contribution in [0.4, 0.5) is 0 Å². The Morgan fingerprint density at radius 2 is 1.66 bits per heavy atom. The second-order valence-electron chi connectivity index (χ2n) is 6.43. The van der Waals surface area contributed by atoms with Crippen LogP contribution in [0, 0.1) is 0 Å². The lowest BCUT2D eigenvalue weighted by molar-refractivity contribution is -0.149. The predicted molar refractivity (Wildman–Crippen MR) is 105 cm³/mol. The third-order valence-electron chi connectivity index (χ3n) is 4.27. The van der Waals surface area contributed by atoms with Gasteiger partial charge in [-0.25, -0.2) is 4.98 Å². The van der Waals surface area contributed by atoms with Crippen LogP contribution in [-0.2, 0) is 16.0 Å². The highest BCUT2D eigenvalue weighted by molar-refractivity contribution is 5.69. The lowest BCUT2D eigenvalue weighted by Crippen LogP contribution is -2.10. The Balaban J connectivity index is 1.31. The van der Waals surface area contributed by atoms with E-state index >= 15 is 0 Å². The molecule has 1 atom stereocenters. The Hall–Kier alpha value is -3.74. The number of hydrogen-bond donors (Lipinski definition) is 0. The van der Waals surface area contributed by atoms with Crippen LogP contribution >= 0.6 is 0 Å². The Kier molecular flexibility index (Phi) is 5.47. The molecule has 0 aliphatic carbocycles. The van der Waals surface area contributed by atoms with Gasteiger partial charge >= 0.3 is 5.97 Å². The summed E-state index contributed by atoms with van der Waals surface area (Å²) >= 11 is 0. The highest BCUT2D eigenvalue weighted by Gasteiger charge is 2.19. The van der Waals surface area contributed by atoms with E-state index in [0.29, 0.717) is 24.0 Å². The molecular formula is C22H19N3O4. The predicted octanol–water partition coefficient (Wildman–Crippen LogP) is 4.63. The molecule has 0 fully saturated rings. The van der Waals surface area contributed by atoms with Gasteiger partial charge in [0.15, 0.2) is 17.8 Å². The molecule has 29 heavy (non-hydrogen) atoms. The summed E-state index contributed by atoms with van der Waals surface area (Å²) in [5.41, 5.74) is 1.75. The number of benzene rings is 2. The van der Waals surface area contributed by atoms with E-state index in [4.69, 9.17) is 13.6 Å². The first-order valence-corrected chi connectivity index (χ1v) is 9.27. The maximum atomic E-state index is 12.2. The number of nitrogens with zero attached hydrogens (tertiary/aromatic N) is 3. The molecule has 0 saturated heterocycles. The summed E-state index contributed by atoms with van der Waals surface area (Å²) in [6.07, 6.45) is 1.50. The van der Waals surface area contributed by atoms with Crippen LogP contribution in [-0.4, -0.2) is 21.2 Å². The van der Waals surface area contributed by atoms with E-state index in [1.54, 1.807) is 13.1 Å².